The van der Waals surface area contributed by atoms with E-state index in [4.69, 9.17) is 18.9 Å². The summed E-state index contributed by atoms with van der Waals surface area (Å²) >= 11 is 0. The van der Waals surface area contributed by atoms with E-state index in [1.54, 1.807) is 0 Å². The van der Waals surface area contributed by atoms with Crippen LogP contribution in [0.1, 0.15) is 309 Å². The third-order valence-corrected chi connectivity index (χ3v) is 16.3. The summed E-state index contributed by atoms with van der Waals surface area (Å²) in [5.41, 5.74) is 0. The molecule has 2 atom stereocenters. The molecule has 0 aromatic rings. The smallest absolute Gasteiger partial charge is 0.361 e. The first kappa shape index (κ1) is 89.9. The van der Waals surface area contributed by atoms with Crippen LogP contribution in [0, 0.1) is 0 Å². The minimum absolute atomic E-state index is 0.182. The van der Waals surface area contributed by atoms with E-state index < -0.39 is 24.3 Å². The summed E-state index contributed by atoms with van der Waals surface area (Å²) < 4.78 is 23.0. The van der Waals surface area contributed by atoms with E-state index in [0.29, 0.717) is 23.9 Å². The Morgan fingerprint density at radius 1 is 0.316 bits per heavy atom. The van der Waals surface area contributed by atoms with Gasteiger partial charge in [-0.25, -0.2) is 4.79 Å². The maximum absolute atomic E-state index is 13.0. The Balaban J connectivity index is 4.08. The van der Waals surface area contributed by atoms with Crippen LogP contribution in [0.5, 0.6) is 0 Å². The van der Waals surface area contributed by atoms with E-state index >= 15 is 0 Å². The zero-order valence-corrected chi connectivity index (χ0v) is 61.8. The zero-order valence-electron chi connectivity index (χ0n) is 61.8. The van der Waals surface area contributed by atoms with Crippen LogP contribution in [0.2, 0.25) is 0 Å². The van der Waals surface area contributed by atoms with Gasteiger partial charge in [-0.15, -0.1) is 0 Å². The van der Waals surface area contributed by atoms with Crippen molar-refractivity contribution in [2.24, 2.45) is 0 Å². The Morgan fingerprint density at radius 2 is 0.568 bits per heavy atom. The highest BCUT2D eigenvalue weighted by molar-refractivity contribution is 5.71. The normalized spacial score (nSPS) is 13.6. The van der Waals surface area contributed by atoms with Crippen molar-refractivity contribution in [2.45, 2.75) is 322 Å². The molecule has 0 amide bonds. The van der Waals surface area contributed by atoms with E-state index in [2.05, 4.69) is 172 Å². The number of hydrogen-bond donors (Lipinski definition) is 1. The fourth-order valence-electron chi connectivity index (χ4n) is 10.5. The maximum atomic E-state index is 13.0. The highest BCUT2D eigenvalue weighted by Gasteiger charge is 2.25. The van der Waals surface area contributed by atoms with Crippen molar-refractivity contribution < 1.29 is 42.9 Å². The number of unbranched alkanes of at least 4 members (excludes halogenated alkanes) is 29. The van der Waals surface area contributed by atoms with Gasteiger partial charge in [0.05, 0.1) is 34.4 Å². The molecule has 2 unspecified atom stereocenters. The van der Waals surface area contributed by atoms with E-state index in [-0.39, 0.29) is 32.2 Å². The molecule has 0 radical (unpaired) electrons. The fraction of sp³-hybridized carbons (Fsp3) is 0.663. The number of carboxylic acids is 1. The molecule has 0 spiro atoms. The summed E-state index contributed by atoms with van der Waals surface area (Å²) in [6.45, 7) is 4.66. The number of esters is 2. The minimum Gasteiger partial charge on any atom is -0.477 e. The Morgan fingerprint density at radius 3 is 0.842 bits per heavy atom. The van der Waals surface area contributed by atoms with Gasteiger partial charge in [0.2, 0.25) is 0 Å². The molecule has 0 aliphatic rings. The number of nitrogens with zero attached hydrogens (tertiary/aromatic N) is 1. The quantitative estimate of drug-likeness (QED) is 0.0211. The van der Waals surface area contributed by atoms with Crippen molar-refractivity contribution in [3.63, 3.8) is 0 Å². The van der Waals surface area contributed by atoms with Crippen LogP contribution in [0.25, 0.3) is 0 Å². The summed E-state index contributed by atoms with van der Waals surface area (Å²) in [6, 6.07) is 0. The largest absolute Gasteiger partial charge is 0.477 e. The van der Waals surface area contributed by atoms with Gasteiger partial charge in [-0.3, -0.25) is 9.59 Å². The molecule has 95 heavy (non-hydrogen) atoms. The summed E-state index contributed by atoms with van der Waals surface area (Å²) in [4.78, 5) is 37.7. The van der Waals surface area contributed by atoms with Crippen molar-refractivity contribution in [1.82, 2.24) is 0 Å². The predicted molar refractivity (Wildman–Crippen MR) is 410 cm³/mol. The predicted octanol–water partition coefficient (Wildman–Crippen LogP) is 24.8. The summed E-state index contributed by atoms with van der Waals surface area (Å²) in [5, 5.41) is 9.77. The molecule has 0 rings (SSSR count). The molecule has 0 aliphatic heterocycles. The SMILES string of the molecule is CC/C=C\C/C=C\C/C=C\C/C=C\C/C=C\C/C=C\C/C=C\CCCCCCCCCCCCCCCCCC(=O)OC(COC(=O)CCCCCCCCCCCCCCCC/C=C\C/C=C\C/C=C\C/C=C\C/C=C\C/C=C\CC)COC(OCC[N+](C)(C)C)C(=O)O. The molecule has 9 heteroatoms. The number of carbonyl (C=O) groups excluding carboxylic acids is 2. The number of ether oxygens (including phenoxy) is 4. The lowest BCUT2D eigenvalue weighted by Gasteiger charge is -2.25. The average molecular weight is 1320 g/mol. The van der Waals surface area contributed by atoms with Gasteiger partial charge in [0.1, 0.15) is 13.2 Å². The van der Waals surface area contributed by atoms with Gasteiger partial charge in [0.15, 0.2) is 6.10 Å². The summed E-state index contributed by atoms with van der Waals surface area (Å²) in [5.74, 6) is -2.00. The van der Waals surface area contributed by atoms with Crippen LogP contribution in [0.3, 0.4) is 0 Å². The van der Waals surface area contributed by atoms with Crippen LogP contribution in [0.15, 0.2) is 158 Å². The van der Waals surface area contributed by atoms with Crippen molar-refractivity contribution in [1.29, 1.82) is 0 Å². The standard InChI is InChI=1S/C86H143NO8/c1-6-8-10-12-14-16-18-20-22-24-26-28-30-32-34-36-38-40-41-42-43-45-47-49-51-53-55-57-59-61-63-65-67-69-71-73-75-77-84(89)95-82(81-94-86(85(90)91)92-79-78-87(3,4)5)80-93-83(88)76-74-72-70-68-66-64-62-60-58-56-54-52-50-48-46-44-39-37-35-33-31-29-27-25-23-21-19-17-15-13-11-9-7-2/h8-11,14-17,20-23,26-29,32-35,38-40,42-44,82,86H,6-7,12-13,18-19,24-25,30-31,36-37,41,45-81H2,1-5H3/p+1/b10-8-,11-9-,16-14-,17-15-,22-20-,23-21-,28-26-,29-27-,34-32-,35-33-,40-38-,43-42-,44-39-. The maximum Gasteiger partial charge on any atom is 0.361 e. The topological polar surface area (TPSA) is 108 Å². The Bertz CT molecular complexity index is 2130. The lowest BCUT2D eigenvalue weighted by Crippen LogP contribution is -2.40. The van der Waals surface area contributed by atoms with Crippen molar-refractivity contribution in [3.05, 3.63) is 158 Å². The van der Waals surface area contributed by atoms with E-state index in [9.17, 15) is 19.5 Å². The number of hydrogen-bond acceptors (Lipinski definition) is 7. The molecule has 0 aromatic carbocycles. The lowest BCUT2D eigenvalue weighted by molar-refractivity contribution is -0.870. The van der Waals surface area contributed by atoms with Crippen molar-refractivity contribution in [3.8, 4) is 0 Å². The second-order valence-electron chi connectivity index (χ2n) is 26.6. The molecule has 0 fully saturated rings. The van der Waals surface area contributed by atoms with Gasteiger partial charge < -0.3 is 28.5 Å². The molecular formula is C86H144NO8+. The average Bonchev–Trinajstić information content (AvgIpc) is 3.75. The Labute approximate surface area is 584 Å². The van der Waals surface area contributed by atoms with Gasteiger partial charge in [-0.2, -0.15) is 0 Å². The van der Waals surface area contributed by atoms with Crippen LogP contribution in [-0.2, 0) is 33.3 Å². The van der Waals surface area contributed by atoms with E-state index in [1.165, 1.54) is 161 Å². The number of likely N-dealkylation sites (N-methyl/N-ethyl adjacent to an activating group) is 1. The Hall–Kier alpha value is -5.09. The molecule has 0 aliphatic carbocycles. The van der Waals surface area contributed by atoms with Crippen molar-refractivity contribution >= 4 is 17.9 Å². The van der Waals surface area contributed by atoms with Gasteiger partial charge in [0.25, 0.3) is 6.29 Å². The number of quaternary nitrogens is 1. The molecule has 9 nitrogen and oxygen atoms in total. The zero-order chi connectivity index (χ0) is 69.0. The molecule has 1 N–H and O–H groups in total. The molecule has 0 saturated heterocycles. The monoisotopic (exact) mass is 1320 g/mol. The van der Waals surface area contributed by atoms with Crippen LogP contribution in [-0.4, -0.2) is 87.4 Å². The molecule has 0 aromatic heterocycles. The molecule has 0 saturated carbocycles. The number of rotatable bonds is 70. The Kier molecular flexibility index (Phi) is 70.7. The number of aliphatic carboxylic acids is 1. The second-order valence-corrected chi connectivity index (χ2v) is 26.6. The van der Waals surface area contributed by atoms with Gasteiger partial charge in [-0.1, -0.05) is 332 Å². The van der Waals surface area contributed by atoms with E-state index in [0.717, 1.165) is 116 Å². The summed E-state index contributed by atoms with van der Waals surface area (Å²) in [7, 11) is 5.98. The first-order valence-electron chi connectivity index (χ1n) is 38.6. The minimum atomic E-state index is -1.52. The van der Waals surface area contributed by atoms with Gasteiger partial charge >= 0.3 is 17.9 Å². The third kappa shape index (κ3) is 76.1. The van der Waals surface area contributed by atoms with Crippen LogP contribution >= 0.6 is 0 Å². The van der Waals surface area contributed by atoms with Gasteiger partial charge in [-0.05, 0) is 122 Å². The molecular weight excluding hydrogens is 1170 g/mol. The molecule has 0 heterocycles. The van der Waals surface area contributed by atoms with E-state index in [1.807, 2.05) is 21.1 Å². The lowest BCUT2D eigenvalue weighted by atomic mass is 10.0. The number of allylic oxidation sites excluding steroid dienone is 26. The first-order valence-corrected chi connectivity index (χ1v) is 38.6. The number of carboxylic acid groups (broad SMARTS) is 1. The highest BCUT2D eigenvalue weighted by Crippen LogP contribution is 2.18. The molecule has 0 bridgehead atoms. The first-order chi connectivity index (χ1) is 46.6. The van der Waals surface area contributed by atoms with Gasteiger partial charge in [0, 0.05) is 12.8 Å². The highest BCUT2D eigenvalue weighted by atomic mass is 16.7. The molecule has 540 valence electrons. The second kappa shape index (κ2) is 74.7. The fourth-order valence-corrected chi connectivity index (χ4v) is 10.5. The van der Waals surface area contributed by atoms with Crippen molar-refractivity contribution in [2.75, 3.05) is 47.5 Å². The third-order valence-electron chi connectivity index (χ3n) is 16.3. The number of carbonyl (C=O) groups is 3. The van der Waals surface area contributed by atoms with Crippen LogP contribution in [0.4, 0.5) is 0 Å². The van der Waals surface area contributed by atoms with Crippen LogP contribution < -0.4 is 0 Å². The summed E-state index contributed by atoms with van der Waals surface area (Å²) in [6.07, 6.45) is 108.